The summed E-state index contributed by atoms with van der Waals surface area (Å²) in [7, 11) is 0. The Morgan fingerprint density at radius 2 is 2.06 bits per heavy atom. The molecule has 0 spiro atoms. The van der Waals surface area contributed by atoms with Crippen molar-refractivity contribution >= 4 is 33.4 Å². The molecule has 1 aromatic rings. The van der Waals surface area contributed by atoms with Crippen LogP contribution in [-0.2, 0) is 6.18 Å². The topological polar surface area (TPSA) is 29.1 Å². The molecule has 2 nitrogen and oxygen atoms in total. The summed E-state index contributed by atoms with van der Waals surface area (Å²) < 4.78 is 37.7. The molecule has 1 aromatic carbocycles. The maximum Gasteiger partial charge on any atom is 0.417 e. The monoisotopic (exact) mass is 341 g/mol. The summed E-state index contributed by atoms with van der Waals surface area (Å²) in [4.78, 5) is 11.5. The molecular weight excluding hydrogens is 334 g/mol. The number of carbonyl (C=O) groups excluding carboxylic acids is 1. The number of nitrogens with one attached hydrogen (secondary N) is 1. The molecule has 1 N–H and O–H groups in total. The number of hydrogen-bond donors (Lipinski definition) is 1. The van der Waals surface area contributed by atoms with Gasteiger partial charge in [-0.3, -0.25) is 4.79 Å². The zero-order valence-corrected chi connectivity index (χ0v) is 11.3. The molecule has 18 heavy (non-hydrogen) atoms. The molecule has 0 aliphatic carbocycles. The highest BCUT2D eigenvalue weighted by molar-refractivity contribution is 9.10. The molecule has 0 saturated carbocycles. The first kappa shape index (κ1) is 15.0. The van der Waals surface area contributed by atoms with Crippen molar-refractivity contribution in [3.8, 4) is 0 Å². The highest BCUT2D eigenvalue weighted by Gasteiger charge is 2.33. The van der Waals surface area contributed by atoms with Gasteiger partial charge in [0.25, 0.3) is 5.91 Å². The molecule has 0 unspecified atom stereocenters. The molecule has 7 heteroatoms. The summed E-state index contributed by atoms with van der Waals surface area (Å²) >= 11 is 8.23. The third-order valence-corrected chi connectivity index (χ3v) is 2.80. The van der Waals surface area contributed by atoms with Crippen LogP contribution in [0, 0.1) is 0 Å². The van der Waals surface area contributed by atoms with Gasteiger partial charge in [0.05, 0.1) is 12.1 Å². The Morgan fingerprint density at radius 1 is 1.44 bits per heavy atom. The second kappa shape index (κ2) is 5.75. The van der Waals surface area contributed by atoms with Crippen LogP contribution in [0.5, 0.6) is 0 Å². The number of rotatable bonds is 3. The van der Waals surface area contributed by atoms with Gasteiger partial charge in [-0.2, -0.15) is 13.2 Å². The molecule has 0 heterocycles. The Kier molecular flexibility index (Phi) is 4.81. The van der Waals surface area contributed by atoms with Crippen molar-refractivity contribution in [2.24, 2.45) is 0 Å². The predicted octanol–water partition coefficient (Wildman–Crippen LogP) is 3.95. The van der Waals surface area contributed by atoms with Crippen LogP contribution in [0.1, 0.15) is 15.9 Å². The van der Waals surface area contributed by atoms with Gasteiger partial charge >= 0.3 is 6.18 Å². The lowest BCUT2D eigenvalue weighted by Crippen LogP contribution is -2.25. The SMILES string of the molecule is C=C(Cl)CNC(=O)c1ccc(Br)c(C(F)(F)F)c1. The molecule has 0 aliphatic rings. The number of alkyl halides is 3. The van der Waals surface area contributed by atoms with Crippen LogP contribution in [0.3, 0.4) is 0 Å². The normalized spacial score (nSPS) is 11.2. The van der Waals surface area contributed by atoms with Crippen LogP contribution in [0.25, 0.3) is 0 Å². The van der Waals surface area contributed by atoms with Gasteiger partial charge in [-0.1, -0.05) is 34.1 Å². The molecule has 0 atom stereocenters. The minimum Gasteiger partial charge on any atom is -0.347 e. The summed E-state index contributed by atoms with van der Waals surface area (Å²) in [5, 5.41) is 2.53. The fourth-order valence-electron chi connectivity index (χ4n) is 1.16. The third-order valence-electron chi connectivity index (χ3n) is 1.97. The second-order valence-corrected chi connectivity index (χ2v) is 4.78. The summed E-state index contributed by atoms with van der Waals surface area (Å²) in [6.45, 7) is 3.35. The molecule has 0 aromatic heterocycles. The number of amides is 1. The first-order valence-corrected chi connectivity index (χ1v) is 5.87. The van der Waals surface area contributed by atoms with Crippen molar-refractivity contribution in [2.75, 3.05) is 6.54 Å². The molecule has 0 aliphatic heterocycles. The van der Waals surface area contributed by atoms with E-state index in [9.17, 15) is 18.0 Å². The van der Waals surface area contributed by atoms with Gasteiger partial charge in [-0.15, -0.1) is 0 Å². The number of benzene rings is 1. The largest absolute Gasteiger partial charge is 0.417 e. The van der Waals surface area contributed by atoms with Gasteiger partial charge in [-0.05, 0) is 18.2 Å². The van der Waals surface area contributed by atoms with Crippen LogP contribution in [0.4, 0.5) is 13.2 Å². The van der Waals surface area contributed by atoms with E-state index in [1.54, 1.807) is 0 Å². The van der Waals surface area contributed by atoms with Crippen molar-refractivity contribution in [3.63, 3.8) is 0 Å². The molecule has 0 saturated heterocycles. The fraction of sp³-hybridized carbons (Fsp3) is 0.182. The van der Waals surface area contributed by atoms with E-state index in [0.29, 0.717) is 0 Å². The van der Waals surface area contributed by atoms with E-state index in [4.69, 9.17) is 11.6 Å². The lowest BCUT2D eigenvalue weighted by molar-refractivity contribution is -0.138. The van der Waals surface area contributed by atoms with Gasteiger partial charge in [0, 0.05) is 15.1 Å². The third kappa shape index (κ3) is 4.03. The van der Waals surface area contributed by atoms with Gasteiger partial charge < -0.3 is 5.32 Å². The van der Waals surface area contributed by atoms with Crippen molar-refractivity contribution in [1.82, 2.24) is 5.32 Å². The number of hydrogen-bond acceptors (Lipinski definition) is 1. The molecule has 0 bridgehead atoms. The highest BCUT2D eigenvalue weighted by Crippen LogP contribution is 2.35. The van der Waals surface area contributed by atoms with Crippen molar-refractivity contribution in [2.45, 2.75) is 6.18 Å². The first-order chi connectivity index (χ1) is 8.21. The summed E-state index contributed by atoms with van der Waals surface area (Å²) in [6, 6.07) is 3.23. The summed E-state index contributed by atoms with van der Waals surface area (Å²) in [6.07, 6.45) is -4.52. The maximum atomic E-state index is 12.6. The molecule has 1 amide bonds. The average molecular weight is 343 g/mol. The Hall–Kier alpha value is -1.01. The van der Waals surface area contributed by atoms with E-state index >= 15 is 0 Å². The maximum absolute atomic E-state index is 12.6. The minimum absolute atomic E-state index is 0.00218. The zero-order chi connectivity index (χ0) is 13.9. The van der Waals surface area contributed by atoms with Crippen LogP contribution >= 0.6 is 27.5 Å². The van der Waals surface area contributed by atoms with Gasteiger partial charge in [0.15, 0.2) is 0 Å². The van der Waals surface area contributed by atoms with Gasteiger partial charge in [0.1, 0.15) is 0 Å². The van der Waals surface area contributed by atoms with E-state index < -0.39 is 17.6 Å². The van der Waals surface area contributed by atoms with E-state index in [2.05, 4.69) is 27.8 Å². The molecule has 98 valence electrons. The molecule has 0 fully saturated rings. The molecule has 1 rings (SSSR count). The van der Waals surface area contributed by atoms with E-state index in [-0.39, 0.29) is 21.6 Å². The van der Waals surface area contributed by atoms with Crippen molar-refractivity contribution in [3.05, 3.63) is 45.4 Å². The van der Waals surface area contributed by atoms with Crippen molar-refractivity contribution < 1.29 is 18.0 Å². The lowest BCUT2D eigenvalue weighted by atomic mass is 10.1. The van der Waals surface area contributed by atoms with Crippen LogP contribution in [0.15, 0.2) is 34.3 Å². The van der Waals surface area contributed by atoms with E-state index in [1.165, 1.54) is 12.1 Å². The van der Waals surface area contributed by atoms with E-state index in [0.717, 1.165) is 6.07 Å². The smallest absolute Gasteiger partial charge is 0.347 e. The Bertz CT molecular complexity index is 488. The quantitative estimate of drug-likeness (QED) is 0.885. The van der Waals surface area contributed by atoms with Gasteiger partial charge in [-0.25, -0.2) is 0 Å². The second-order valence-electron chi connectivity index (χ2n) is 3.39. The van der Waals surface area contributed by atoms with Crippen molar-refractivity contribution in [1.29, 1.82) is 0 Å². The lowest BCUT2D eigenvalue weighted by Gasteiger charge is -2.11. The standard InChI is InChI=1S/C11H8BrClF3NO/c1-6(13)5-17-10(18)7-2-3-9(12)8(4-7)11(14,15)16/h2-4H,1,5H2,(H,17,18). The van der Waals surface area contributed by atoms with Crippen LogP contribution < -0.4 is 5.32 Å². The highest BCUT2D eigenvalue weighted by atomic mass is 79.9. The van der Waals surface area contributed by atoms with E-state index in [1.807, 2.05) is 0 Å². The molecular formula is C11H8BrClF3NO. The number of carbonyl (C=O) groups is 1. The number of halogens is 5. The van der Waals surface area contributed by atoms with Crippen LogP contribution in [-0.4, -0.2) is 12.5 Å². The minimum atomic E-state index is -4.52. The predicted molar refractivity (Wildman–Crippen MR) is 66.5 cm³/mol. The Labute approximate surface area is 115 Å². The molecule has 0 radical (unpaired) electrons. The zero-order valence-electron chi connectivity index (χ0n) is 8.94. The van der Waals surface area contributed by atoms with Crippen LogP contribution in [0.2, 0.25) is 0 Å². The fourth-order valence-corrected chi connectivity index (χ4v) is 1.70. The summed E-state index contributed by atoms with van der Waals surface area (Å²) in [5.41, 5.74) is -0.997. The summed E-state index contributed by atoms with van der Waals surface area (Å²) in [5.74, 6) is -0.644. The van der Waals surface area contributed by atoms with Gasteiger partial charge in [0.2, 0.25) is 0 Å². The first-order valence-electron chi connectivity index (χ1n) is 4.70. The Balaban J connectivity index is 2.98. The Morgan fingerprint density at radius 3 is 2.56 bits per heavy atom. The average Bonchev–Trinajstić information content (AvgIpc) is 2.24.